The summed E-state index contributed by atoms with van der Waals surface area (Å²) in [7, 11) is 0. The first-order valence-electron chi connectivity index (χ1n) is 10.1. The van der Waals surface area contributed by atoms with Crippen LogP contribution in [-0.2, 0) is 6.42 Å². The highest BCUT2D eigenvalue weighted by Gasteiger charge is 2.11. The van der Waals surface area contributed by atoms with Gasteiger partial charge in [-0.1, -0.05) is 74.0 Å². The Labute approximate surface area is 175 Å². The summed E-state index contributed by atoms with van der Waals surface area (Å²) in [5.74, 6) is -0.674. The quantitative estimate of drug-likeness (QED) is 0.345. The van der Waals surface area contributed by atoms with Gasteiger partial charge in [0.25, 0.3) is 0 Å². The molecule has 0 aliphatic heterocycles. The minimum absolute atomic E-state index is 0.321. The Bertz CT molecular complexity index is 1160. The third-order valence-electron chi connectivity index (χ3n) is 5.30. The highest BCUT2D eigenvalue weighted by molar-refractivity contribution is 5.74. The van der Waals surface area contributed by atoms with Crippen molar-refractivity contribution in [2.75, 3.05) is 5.73 Å². The molecule has 0 unspecified atom stereocenters. The molecule has 0 amide bonds. The number of benzene rings is 4. The van der Waals surface area contributed by atoms with E-state index in [1.54, 1.807) is 36.4 Å². The van der Waals surface area contributed by atoms with Crippen LogP contribution in [0.2, 0.25) is 0 Å². The molecular formula is C27H23F2N. The summed E-state index contributed by atoms with van der Waals surface area (Å²) in [6.45, 7) is 2.14. The van der Waals surface area contributed by atoms with E-state index in [2.05, 4.69) is 6.92 Å². The average Bonchev–Trinajstić information content (AvgIpc) is 2.75. The zero-order valence-electron chi connectivity index (χ0n) is 16.8. The molecule has 30 heavy (non-hydrogen) atoms. The number of anilines is 1. The summed E-state index contributed by atoms with van der Waals surface area (Å²) < 4.78 is 29.6. The zero-order valence-corrected chi connectivity index (χ0v) is 16.8. The third-order valence-corrected chi connectivity index (χ3v) is 5.30. The van der Waals surface area contributed by atoms with Gasteiger partial charge in [0.1, 0.15) is 11.6 Å². The maximum atomic E-state index is 14.8. The van der Waals surface area contributed by atoms with Gasteiger partial charge in [-0.3, -0.25) is 0 Å². The Hall–Kier alpha value is -3.46. The van der Waals surface area contributed by atoms with Crippen molar-refractivity contribution in [1.82, 2.24) is 0 Å². The number of hydrogen-bond acceptors (Lipinski definition) is 1. The van der Waals surface area contributed by atoms with Crippen LogP contribution in [0.3, 0.4) is 0 Å². The summed E-state index contributed by atoms with van der Waals surface area (Å²) in [5.41, 5.74) is 11.5. The molecule has 4 aromatic rings. The first kappa shape index (κ1) is 19.8. The lowest BCUT2D eigenvalue weighted by Gasteiger charge is -2.10. The van der Waals surface area contributed by atoms with E-state index in [-0.39, 0.29) is 11.6 Å². The smallest absolute Gasteiger partial charge is 0.131 e. The van der Waals surface area contributed by atoms with Crippen molar-refractivity contribution in [1.29, 1.82) is 0 Å². The average molecular weight is 399 g/mol. The van der Waals surface area contributed by atoms with Crippen LogP contribution < -0.4 is 5.73 Å². The van der Waals surface area contributed by atoms with Gasteiger partial charge in [0.15, 0.2) is 0 Å². The highest BCUT2D eigenvalue weighted by Crippen LogP contribution is 2.31. The molecule has 150 valence electrons. The van der Waals surface area contributed by atoms with Crippen LogP contribution in [0.15, 0.2) is 84.9 Å². The molecular weight excluding hydrogens is 376 g/mol. The van der Waals surface area contributed by atoms with E-state index in [9.17, 15) is 8.78 Å². The molecule has 0 saturated heterocycles. The second kappa shape index (κ2) is 8.50. The Morgan fingerprint density at radius 3 is 1.47 bits per heavy atom. The van der Waals surface area contributed by atoms with Gasteiger partial charge in [-0.25, -0.2) is 8.78 Å². The van der Waals surface area contributed by atoms with Gasteiger partial charge in [0.2, 0.25) is 0 Å². The van der Waals surface area contributed by atoms with Crippen LogP contribution in [0.5, 0.6) is 0 Å². The number of aryl methyl sites for hydroxylation is 1. The standard InChI is InChI=1S/C27H23F2N/c1-2-3-18-4-6-19(7-5-18)24-14-10-21(16-26(24)28)22-11-15-25(27(29)17-22)20-8-12-23(30)13-9-20/h4-17H,2-3,30H2,1H3. The first-order chi connectivity index (χ1) is 14.5. The zero-order chi connectivity index (χ0) is 21.1. The molecule has 0 aliphatic carbocycles. The van der Waals surface area contributed by atoms with E-state index in [4.69, 9.17) is 5.73 Å². The summed E-state index contributed by atoms with van der Waals surface area (Å²) in [6.07, 6.45) is 2.09. The molecule has 4 rings (SSSR count). The second-order valence-corrected chi connectivity index (χ2v) is 7.46. The Balaban J connectivity index is 1.62. The summed E-state index contributed by atoms with van der Waals surface area (Å²) >= 11 is 0. The van der Waals surface area contributed by atoms with E-state index in [1.807, 2.05) is 36.4 Å². The van der Waals surface area contributed by atoms with E-state index < -0.39 is 0 Å². The molecule has 0 radical (unpaired) electrons. The van der Waals surface area contributed by atoms with E-state index in [1.165, 1.54) is 17.7 Å². The van der Waals surface area contributed by atoms with Gasteiger partial charge in [-0.05, 0) is 58.5 Å². The monoisotopic (exact) mass is 399 g/mol. The van der Waals surface area contributed by atoms with Crippen molar-refractivity contribution < 1.29 is 8.78 Å². The van der Waals surface area contributed by atoms with E-state index >= 15 is 0 Å². The van der Waals surface area contributed by atoms with Crippen LogP contribution in [-0.4, -0.2) is 0 Å². The number of rotatable bonds is 5. The van der Waals surface area contributed by atoms with Crippen LogP contribution >= 0.6 is 0 Å². The third kappa shape index (κ3) is 4.11. The van der Waals surface area contributed by atoms with Crippen molar-refractivity contribution in [3.8, 4) is 33.4 Å². The number of nitrogens with two attached hydrogens (primary N) is 1. The molecule has 0 atom stereocenters. The van der Waals surface area contributed by atoms with Crippen LogP contribution in [0.4, 0.5) is 14.5 Å². The summed E-state index contributed by atoms with van der Waals surface area (Å²) in [4.78, 5) is 0. The second-order valence-electron chi connectivity index (χ2n) is 7.46. The minimum Gasteiger partial charge on any atom is -0.399 e. The molecule has 0 aromatic heterocycles. The van der Waals surface area contributed by atoms with Gasteiger partial charge >= 0.3 is 0 Å². The fourth-order valence-corrected chi connectivity index (χ4v) is 3.66. The number of halogens is 2. The van der Waals surface area contributed by atoms with Crippen molar-refractivity contribution in [3.05, 3.63) is 102 Å². The number of hydrogen-bond donors (Lipinski definition) is 1. The highest BCUT2D eigenvalue weighted by atomic mass is 19.1. The molecule has 0 saturated carbocycles. The van der Waals surface area contributed by atoms with E-state index in [0.29, 0.717) is 27.9 Å². The number of nitrogen functional groups attached to an aromatic ring is 1. The molecule has 2 N–H and O–H groups in total. The molecule has 4 aromatic carbocycles. The normalized spacial score (nSPS) is 10.9. The molecule has 3 heteroatoms. The Morgan fingerprint density at radius 1 is 0.600 bits per heavy atom. The van der Waals surface area contributed by atoms with Crippen LogP contribution in [0.1, 0.15) is 18.9 Å². The lowest BCUT2D eigenvalue weighted by atomic mass is 9.96. The van der Waals surface area contributed by atoms with E-state index in [0.717, 1.165) is 24.0 Å². The SMILES string of the molecule is CCCc1ccc(-c2ccc(-c3ccc(-c4ccc(N)cc4)c(F)c3)cc2F)cc1. The predicted octanol–water partition coefficient (Wildman–Crippen LogP) is 7.50. The lowest BCUT2D eigenvalue weighted by Crippen LogP contribution is -1.90. The first-order valence-corrected chi connectivity index (χ1v) is 10.1. The van der Waals surface area contributed by atoms with Gasteiger partial charge < -0.3 is 5.73 Å². The van der Waals surface area contributed by atoms with Crippen molar-refractivity contribution >= 4 is 5.69 Å². The van der Waals surface area contributed by atoms with Gasteiger partial charge in [0, 0.05) is 16.8 Å². The maximum Gasteiger partial charge on any atom is 0.131 e. The molecule has 0 aliphatic rings. The fourth-order valence-electron chi connectivity index (χ4n) is 3.66. The van der Waals surface area contributed by atoms with Crippen molar-refractivity contribution in [2.24, 2.45) is 0 Å². The predicted molar refractivity (Wildman–Crippen MR) is 121 cm³/mol. The lowest BCUT2D eigenvalue weighted by molar-refractivity contribution is 0.629. The largest absolute Gasteiger partial charge is 0.399 e. The van der Waals surface area contributed by atoms with Gasteiger partial charge in [-0.15, -0.1) is 0 Å². The summed E-state index contributed by atoms with van der Waals surface area (Å²) in [5, 5.41) is 0. The van der Waals surface area contributed by atoms with Crippen molar-refractivity contribution in [3.63, 3.8) is 0 Å². The van der Waals surface area contributed by atoms with Crippen LogP contribution in [0.25, 0.3) is 33.4 Å². The molecule has 0 bridgehead atoms. The van der Waals surface area contributed by atoms with Crippen molar-refractivity contribution in [2.45, 2.75) is 19.8 Å². The summed E-state index contributed by atoms with van der Waals surface area (Å²) in [6, 6.07) is 25.0. The maximum absolute atomic E-state index is 14.8. The topological polar surface area (TPSA) is 26.0 Å². The van der Waals surface area contributed by atoms with Crippen LogP contribution in [0, 0.1) is 11.6 Å². The Morgan fingerprint density at radius 2 is 1.03 bits per heavy atom. The molecule has 0 fully saturated rings. The molecule has 0 heterocycles. The minimum atomic E-state index is -0.353. The van der Waals surface area contributed by atoms with Gasteiger partial charge in [0.05, 0.1) is 0 Å². The molecule has 1 nitrogen and oxygen atoms in total. The van der Waals surface area contributed by atoms with Gasteiger partial charge in [-0.2, -0.15) is 0 Å². The fraction of sp³-hybridized carbons (Fsp3) is 0.111. The Kier molecular flexibility index (Phi) is 5.62. The molecule has 0 spiro atoms.